The summed E-state index contributed by atoms with van der Waals surface area (Å²) in [5.74, 6) is 0. The first-order valence-corrected chi connectivity index (χ1v) is 11.8. The zero-order valence-electron chi connectivity index (χ0n) is 16.1. The smallest absolute Gasteiger partial charge is 0.325 e. The van der Waals surface area contributed by atoms with Gasteiger partial charge in [0.1, 0.15) is 6.23 Å². The minimum Gasteiger partial charge on any atom is -0.359 e. The van der Waals surface area contributed by atoms with Gasteiger partial charge in [0.25, 0.3) is 0 Å². The predicted molar refractivity (Wildman–Crippen MR) is 107 cm³/mol. The van der Waals surface area contributed by atoms with Gasteiger partial charge in [-0.2, -0.15) is 0 Å². The summed E-state index contributed by atoms with van der Waals surface area (Å²) in [7, 11) is -3.92. The fourth-order valence-electron chi connectivity index (χ4n) is 2.86. The Kier molecular flexibility index (Phi) is 12.9. The highest BCUT2D eigenvalue weighted by Crippen LogP contribution is 2.34. The van der Waals surface area contributed by atoms with Crippen molar-refractivity contribution in [3.05, 3.63) is 35.9 Å². The molecule has 1 aromatic rings. The largest absolute Gasteiger partial charge is 0.359 e. The van der Waals surface area contributed by atoms with Crippen LogP contribution in [0.15, 0.2) is 30.3 Å². The van der Waals surface area contributed by atoms with E-state index in [0.717, 1.165) is 12.0 Å². The summed E-state index contributed by atoms with van der Waals surface area (Å²) in [4.78, 5) is 17.9. The molecule has 26 heavy (non-hydrogen) atoms. The van der Waals surface area contributed by atoms with Crippen LogP contribution in [0.25, 0.3) is 0 Å². The van der Waals surface area contributed by atoms with Crippen LogP contribution in [0, 0.1) is 0 Å². The average molecular weight is 385 g/mol. The van der Waals surface area contributed by atoms with Crippen LogP contribution in [-0.2, 0) is 9.30 Å². The van der Waals surface area contributed by atoms with Gasteiger partial charge in [-0.15, -0.1) is 0 Å². The molecule has 0 spiro atoms. The molecule has 0 aliphatic rings. The van der Waals surface area contributed by atoms with Gasteiger partial charge in [0.15, 0.2) is 0 Å². The SMILES string of the molecule is CCCCCCCCCCOC(NCCCP(=O)(O)O)c1ccccc1. The first kappa shape index (κ1) is 23.3. The molecule has 150 valence electrons. The summed E-state index contributed by atoms with van der Waals surface area (Å²) in [6.07, 6.45) is 10.2. The minimum absolute atomic E-state index is 0.0977. The van der Waals surface area contributed by atoms with Crippen molar-refractivity contribution in [3.8, 4) is 0 Å². The van der Waals surface area contributed by atoms with E-state index in [1.54, 1.807) is 0 Å². The van der Waals surface area contributed by atoms with Crippen LogP contribution in [0.5, 0.6) is 0 Å². The molecule has 3 N–H and O–H groups in total. The van der Waals surface area contributed by atoms with E-state index in [4.69, 9.17) is 14.5 Å². The van der Waals surface area contributed by atoms with Crippen molar-refractivity contribution in [1.29, 1.82) is 0 Å². The summed E-state index contributed by atoms with van der Waals surface area (Å²) in [6, 6.07) is 9.92. The van der Waals surface area contributed by atoms with Crippen LogP contribution < -0.4 is 5.32 Å². The third-order valence-electron chi connectivity index (χ3n) is 4.34. The van der Waals surface area contributed by atoms with E-state index in [9.17, 15) is 4.57 Å². The van der Waals surface area contributed by atoms with Crippen LogP contribution in [0.3, 0.4) is 0 Å². The third-order valence-corrected chi connectivity index (χ3v) is 5.24. The Morgan fingerprint density at radius 1 is 0.962 bits per heavy atom. The van der Waals surface area contributed by atoms with E-state index >= 15 is 0 Å². The standard InChI is InChI=1S/C20H36NO4P/c1-2-3-4-5-6-7-8-12-17-25-20(19-14-10-9-11-15-19)21-16-13-18-26(22,23)24/h9-11,14-15,20-21H,2-8,12-13,16-18H2,1H3,(H2,22,23,24). The molecule has 0 aliphatic carbocycles. The van der Waals surface area contributed by atoms with Crippen LogP contribution in [0.4, 0.5) is 0 Å². The molecule has 0 saturated carbocycles. The van der Waals surface area contributed by atoms with Crippen molar-refractivity contribution in [2.24, 2.45) is 0 Å². The minimum atomic E-state index is -3.92. The van der Waals surface area contributed by atoms with E-state index < -0.39 is 7.60 Å². The van der Waals surface area contributed by atoms with Gasteiger partial charge in [0, 0.05) is 6.61 Å². The Hall–Kier alpha value is -0.710. The number of rotatable bonds is 16. The first-order valence-electron chi connectivity index (χ1n) is 9.97. The Morgan fingerprint density at radius 2 is 1.58 bits per heavy atom. The molecule has 1 unspecified atom stereocenters. The Balaban J connectivity index is 2.24. The second-order valence-corrected chi connectivity index (χ2v) is 8.61. The lowest BCUT2D eigenvalue weighted by molar-refractivity contribution is 0.0262. The third kappa shape index (κ3) is 12.6. The quantitative estimate of drug-likeness (QED) is 0.212. The van der Waals surface area contributed by atoms with E-state index in [0.29, 0.717) is 19.6 Å². The van der Waals surface area contributed by atoms with Gasteiger partial charge in [-0.1, -0.05) is 82.2 Å². The number of hydrogen-bond acceptors (Lipinski definition) is 3. The van der Waals surface area contributed by atoms with Gasteiger partial charge in [0.2, 0.25) is 0 Å². The zero-order valence-corrected chi connectivity index (χ0v) is 17.0. The van der Waals surface area contributed by atoms with E-state index in [2.05, 4.69) is 12.2 Å². The Labute approximate surface area is 158 Å². The van der Waals surface area contributed by atoms with Crippen LogP contribution in [0.2, 0.25) is 0 Å². The lowest BCUT2D eigenvalue weighted by Gasteiger charge is -2.20. The molecule has 0 bridgehead atoms. The van der Waals surface area contributed by atoms with Crippen LogP contribution >= 0.6 is 7.60 Å². The van der Waals surface area contributed by atoms with E-state index in [-0.39, 0.29) is 12.4 Å². The second kappa shape index (κ2) is 14.4. The van der Waals surface area contributed by atoms with E-state index in [1.165, 1.54) is 44.9 Å². The maximum Gasteiger partial charge on any atom is 0.325 e. The molecule has 0 fully saturated rings. The molecular formula is C20H36NO4P. The van der Waals surface area contributed by atoms with Gasteiger partial charge in [-0.05, 0) is 24.9 Å². The highest BCUT2D eigenvalue weighted by Gasteiger charge is 2.14. The van der Waals surface area contributed by atoms with Crippen molar-refractivity contribution in [2.75, 3.05) is 19.3 Å². The predicted octanol–water partition coefficient (Wildman–Crippen LogP) is 5.00. The fraction of sp³-hybridized carbons (Fsp3) is 0.700. The maximum atomic E-state index is 10.9. The first-order chi connectivity index (χ1) is 12.5. The molecule has 5 nitrogen and oxygen atoms in total. The summed E-state index contributed by atoms with van der Waals surface area (Å²) in [5.41, 5.74) is 1.04. The summed E-state index contributed by atoms with van der Waals surface area (Å²) >= 11 is 0. The number of nitrogens with one attached hydrogen (secondary N) is 1. The molecule has 1 atom stereocenters. The molecular weight excluding hydrogens is 349 g/mol. The van der Waals surface area contributed by atoms with Crippen molar-refractivity contribution < 1.29 is 19.1 Å². The number of hydrogen-bond donors (Lipinski definition) is 3. The van der Waals surface area contributed by atoms with Crippen LogP contribution in [0.1, 0.15) is 76.5 Å². The molecule has 6 heteroatoms. The molecule has 0 aliphatic heterocycles. The maximum absolute atomic E-state index is 10.9. The zero-order chi connectivity index (χ0) is 19.1. The normalized spacial score (nSPS) is 13.0. The number of unbranched alkanes of at least 4 members (excludes halogenated alkanes) is 7. The number of benzene rings is 1. The molecule has 0 radical (unpaired) electrons. The summed E-state index contributed by atoms with van der Waals surface area (Å²) in [6.45, 7) is 3.45. The summed E-state index contributed by atoms with van der Waals surface area (Å²) < 4.78 is 16.9. The highest BCUT2D eigenvalue weighted by molar-refractivity contribution is 7.51. The van der Waals surface area contributed by atoms with Crippen molar-refractivity contribution in [2.45, 2.75) is 70.9 Å². The average Bonchev–Trinajstić information content (AvgIpc) is 2.62. The fourth-order valence-corrected chi connectivity index (χ4v) is 3.43. The lowest BCUT2D eigenvalue weighted by atomic mass is 10.1. The lowest BCUT2D eigenvalue weighted by Crippen LogP contribution is -2.26. The van der Waals surface area contributed by atoms with Gasteiger partial charge in [-0.3, -0.25) is 9.88 Å². The van der Waals surface area contributed by atoms with Crippen molar-refractivity contribution >= 4 is 7.60 Å². The number of ether oxygens (including phenoxy) is 1. The molecule has 1 rings (SSSR count). The van der Waals surface area contributed by atoms with Crippen LogP contribution in [-0.4, -0.2) is 29.1 Å². The van der Waals surface area contributed by atoms with Crippen molar-refractivity contribution in [3.63, 3.8) is 0 Å². The second-order valence-electron chi connectivity index (χ2n) is 6.83. The molecule has 1 aromatic carbocycles. The van der Waals surface area contributed by atoms with Gasteiger partial charge < -0.3 is 14.5 Å². The molecule has 0 saturated heterocycles. The van der Waals surface area contributed by atoms with Gasteiger partial charge in [-0.25, -0.2) is 0 Å². The topological polar surface area (TPSA) is 78.8 Å². The van der Waals surface area contributed by atoms with E-state index in [1.807, 2.05) is 30.3 Å². The molecule has 0 heterocycles. The molecule has 0 aromatic heterocycles. The Morgan fingerprint density at radius 3 is 2.19 bits per heavy atom. The Bertz CT molecular complexity index is 492. The van der Waals surface area contributed by atoms with Crippen molar-refractivity contribution in [1.82, 2.24) is 5.32 Å². The summed E-state index contributed by atoms with van der Waals surface area (Å²) in [5, 5.41) is 3.27. The highest BCUT2D eigenvalue weighted by atomic mass is 31.2. The molecule has 0 amide bonds. The van der Waals surface area contributed by atoms with Gasteiger partial charge >= 0.3 is 7.60 Å². The van der Waals surface area contributed by atoms with Gasteiger partial charge in [0.05, 0.1) is 6.16 Å². The monoisotopic (exact) mass is 385 g/mol.